The lowest BCUT2D eigenvalue weighted by Gasteiger charge is -2.33. The van der Waals surface area contributed by atoms with Gasteiger partial charge in [-0.25, -0.2) is 9.59 Å². The van der Waals surface area contributed by atoms with Gasteiger partial charge in [-0.05, 0) is 5.92 Å². The van der Waals surface area contributed by atoms with E-state index in [2.05, 4.69) is 10.6 Å². The molecule has 116 valence electrons. The van der Waals surface area contributed by atoms with E-state index in [0.717, 1.165) is 0 Å². The number of carboxylic acids is 1. The summed E-state index contributed by atoms with van der Waals surface area (Å²) in [5.41, 5.74) is -1.22. The van der Waals surface area contributed by atoms with E-state index in [1.165, 1.54) is 0 Å². The zero-order valence-electron chi connectivity index (χ0n) is 12.1. The van der Waals surface area contributed by atoms with E-state index >= 15 is 0 Å². The van der Waals surface area contributed by atoms with E-state index in [4.69, 9.17) is 9.47 Å². The molecule has 0 unspecified atom stereocenters. The van der Waals surface area contributed by atoms with Gasteiger partial charge in [0.1, 0.15) is 5.54 Å². The normalized spacial score (nSPS) is 17.8. The molecular weight excluding hydrogens is 264 g/mol. The van der Waals surface area contributed by atoms with Crippen molar-refractivity contribution in [1.29, 1.82) is 0 Å². The molecule has 1 saturated heterocycles. The lowest BCUT2D eigenvalue weighted by molar-refractivity contribution is -0.148. The number of rotatable bonds is 7. The first-order valence-electron chi connectivity index (χ1n) is 6.91. The molecule has 0 aromatic heterocycles. The quantitative estimate of drug-likeness (QED) is 0.596. The number of carbonyl (C=O) groups excluding carboxylic acids is 1. The number of nitrogens with one attached hydrogen (secondary N) is 2. The minimum absolute atomic E-state index is 0.277. The lowest BCUT2D eigenvalue weighted by atomic mass is 9.90. The first-order chi connectivity index (χ1) is 9.46. The summed E-state index contributed by atoms with van der Waals surface area (Å²) >= 11 is 0. The van der Waals surface area contributed by atoms with Crippen LogP contribution in [0.15, 0.2) is 0 Å². The number of hydrogen-bond donors (Lipinski definition) is 3. The fourth-order valence-corrected chi connectivity index (χ4v) is 1.93. The third-order valence-corrected chi connectivity index (χ3v) is 3.09. The van der Waals surface area contributed by atoms with Crippen molar-refractivity contribution in [2.45, 2.75) is 32.2 Å². The maximum Gasteiger partial charge on any atom is 0.329 e. The third-order valence-electron chi connectivity index (χ3n) is 3.09. The average molecular weight is 288 g/mol. The molecule has 7 nitrogen and oxygen atoms in total. The second-order valence-electron chi connectivity index (χ2n) is 5.35. The van der Waals surface area contributed by atoms with Crippen molar-refractivity contribution >= 4 is 12.0 Å². The largest absolute Gasteiger partial charge is 0.480 e. The predicted octanol–water partition coefficient (Wildman–Crippen LogP) is 0.592. The Kier molecular flexibility index (Phi) is 6.74. The average Bonchev–Trinajstić information content (AvgIpc) is 2.38. The monoisotopic (exact) mass is 288 g/mol. The number of urea groups is 1. The first kappa shape index (κ1) is 16.7. The highest BCUT2D eigenvalue weighted by molar-refractivity contribution is 5.86. The standard InChI is InChI=1S/C13H24N2O5/c1-10(2)9-20-8-5-14-12(18)15-13(11(16)17)3-6-19-7-4-13/h10H,3-9H2,1-2H3,(H,16,17)(H2,14,15,18). The SMILES string of the molecule is CC(C)COCCNC(=O)NC1(C(=O)O)CCOCC1. The Hall–Kier alpha value is -1.34. The van der Waals surface area contributed by atoms with Crippen LogP contribution in [-0.4, -0.2) is 55.6 Å². The summed E-state index contributed by atoms with van der Waals surface area (Å²) < 4.78 is 10.5. The summed E-state index contributed by atoms with van der Waals surface area (Å²) in [7, 11) is 0. The number of ether oxygens (including phenoxy) is 2. The van der Waals surface area contributed by atoms with Gasteiger partial charge in [0.05, 0.1) is 6.61 Å². The van der Waals surface area contributed by atoms with Gasteiger partial charge in [-0.1, -0.05) is 13.8 Å². The first-order valence-corrected chi connectivity index (χ1v) is 6.91. The molecular formula is C13H24N2O5. The molecule has 1 aliphatic rings. The van der Waals surface area contributed by atoms with Crippen LogP contribution >= 0.6 is 0 Å². The molecule has 0 aliphatic carbocycles. The Balaban J connectivity index is 2.30. The van der Waals surface area contributed by atoms with Crippen LogP contribution in [0.5, 0.6) is 0 Å². The zero-order valence-corrected chi connectivity index (χ0v) is 12.1. The van der Waals surface area contributed by atoms with E-state index in [1.807, 2.05) is 13.8 Å². The van der Waals surface area contributed by atoms with Crippen molar-refractivity contribution in [2.24, 2.45) is 5.92 Å². The summed E-state index contributed by atoms with van der Waals surface area (Å²) in [5.74, 6) is -0.576. The molecule has 1 heterocycles. The van der Waals surface area contributed by atoms with Crippen LogP contribution in [0.25, 0.3) is 0 Å². The van der Waals surface area contributed by atoms with Gasteiger partial charge in [-0.2, -0.15) is 0 Å². The second kappa shape index (κ2) is 8.06. The van der Waals surface area contributed by atoms with Crippen LogP contribution in [-0.2, 0) is 14.3 Å². The minimum atomic E-state index is -1.22. The van der Waals surface area contributed by atoms with Crippen LogP contribution in [0.2, 0.25) is 0 Å². The molecule has 0 radical (unpaired) electrons. The summed E-state index contributed by atoms with van der Waals surface area (Å²) in [4.78, 5) is 23.1. The van der Waals surface area contributed by atoms with Crippen molar-refractivity contribution in [1.82, 2.24) is 10.6 Å². The highest BCUT2D eigenvalue weighted by Crippen LogP contribution is 2.20. The Labute approximate surface area is 119 Å². The molecule has 0 aromatic carbocycles. The molecule has 1 rings (SSSR count). The lowest BCUT2D eigenvalue weighted by Crippen LogP contribution is -2.59. The van der Waals surface area contributed by atoms with Crippen LogP contribution < -0.4 is 10.6 Å². The van der Waals surface area contributed by atoms with E-state index < -0.39 is 17.5 Å². The van der Waals surface area contributed by atoms with Crippen LogP contribution in [0.1, 0.15) is 26.7 Å². The van der Waals surface area contributed by atoms with Gasteiger partial charge >= 0.3 is 12.0 Å². The Morgan fingerprint density at radius 2 is 2.00 bits per heavy atom. The van der Waals surface area contributed by atoms with Crippen LogP contribution in [0.4, 0.5) is 4.79 Å². The van der Waals surface area contributed by atoms with E-state index in [1.54, 1.807) is 0 Å². The van der Waals surface area contributed by atoms with Crippen molar-refractivity contribution in [3.05, 3.63) is 0 Å². The van der Waals surface area contributed by atoms with E-state index in [-0.39, 0.29) is 12.8 Å². The van der Waals surface area contributed by atoms with Gasteiger partial charge in [0, 0.05) is 39.2 Å². The highest BCUT2D eigenvalue weighted by atomic mass is 16.5. The third kappa shape index (κ3) is 5.34. The molecule has 2 amide bonds. The molecule has 0 bridgehead atoms. The molecule has 1 aliphatic heterocycles. The van der Waals surface area contributed by atoms with Gasteiger partial charge in [-0.3, -0.25) is 0 Å². The minimum Gasteiger partial charge on any atom is -0.480 e. The van der Waals surface area contributed by atoms with Gasteiger partial charge < -0.3 is 25.2 Å². The highest BCUT2D eigenvalue weighted by Gasteiger charge is 2.41. The van der Waals surface area contributed by atoms with Crippen molar-refractivity contribution < 1.29 is 24.2 Å². The van der Waals surface area contributed by atoms with Crippen molar-refractivity contribution in [2.75, 3.05) is 33.0 Å². The maximum absolute atomic E-state index is 11.7. The molecule has 1 fully saturated rings. The van der Waals surface area contributed by atoms with Gasteiger partial charge in [0.2, 0.25) is 0 Å². The molecule has 0 saturated carbocycles. The fraction of sp³-hybridized carbons (Fsp3) is 0.846. The number of amides is 2. The summed E-state index contributed by atoms with van der Waals surface area (Å²) in [6, 6.07) is -0.484. The number of carbonyl (C=O) groups is 2. The van der Waals surface area contributed by atoms with Crippen LogP contribution in [0.3, 0.4) is 0 Å². The zero-order chi connectivity index (χ0) is 15.0. The fourth-order valence-electron chi connectivity index (χ4n) is 1.93. The molecule has 0 spiro atoms. The Morgan fingerprint density at radius 1 is 1.35 bits per heavy atom. The molecule has 3 N–H and O–H groups in total. The van der Waals surface area contributed by atoms with Crippen LogP contribution in [0, 0.1) is 5.92 Å². The summed E-state index contributed by atoms with van der Waals surface area (Å²) in [5, 5.41) is 14.4. The number of hydrogen-bond acceptors (Lipinski definition) is 4. The van der Waals surface area contributed by atoms with E-state index in [0.29, 0.717) is 38.9 Å². The number of carboxylic acid groups (broad SMARTS) is 1. The Bertz CT molecular complexity index is 327. The topological polar surface area (TPSA) is 96.9 Å². The number of aliphatic carboxylic acids is 1. The molecule has 7 heteroatoms. The smallest absolute Gasteiger partial charge is 0.329 e. The van der Waals surface area contributed by atoms with Crippen molar-refractivity contribution in [3.63, 3.8) is 0 Å². The van der Waals surface area contributed by atoms with Gasteiger partial charge in [-0.15, -0.1) is 0 Å². The van der Waals surface area contributed by atoms with Gasteiger partial charge in [0.25, 0.3) is 0 Å². The molecule has 20 heavy (non-hydrogen) atoms. The molecule has 0 atom stereocenters. The predicted molar refractivity (Wildman–Crippen MR) is 72.6 cm³/mol. The molecule has 0 aromatic rings. The van der Waals surface area contributed by atoms with Crippen molar-refractivity contribution in [3.8, 4) is 0 Å². The van der Waals surface area contributed by atoms with Gasteiger partial charge in [0.15, 0.2) is 0 Å². The van der Waals surface area contributed by atoms with E-state index in [9.17, 15) is 14.7 Å². The second-order valence-corrected chi connectivity index (χ2v) is 5.35. The maximum atomic E-state index is 11.7. The Morgan fingerprint density at radius 3 is 2.55 bits per heavy atom. The summed E-state index contributed by atoms with van der Waals surface area (Å²) in [6.07, 6.45) is 0.555. The summed E-state index contributed by atoms with van der Waals surface area (Å²) in [6.45, 7) is 6.16.